The molecule has 0 aliphatic heterocycles. The molecule has 2 aromatic rings. The van der Waals surface area contributed by atoms with Gasteiger partial charge in [-0.1, -0.05) is 18.2 Å². The van der Waals surface area contributed by atoms with Gasteiger partial charge in [0.2, 0.25) is 0 Å². The smallest absolute Gasteiger partial charge is 0.179 e. The number of allylic oxidation sites excluding steroid dienone is 1. The van der Waals surface area contributed by atoms with Crippen molar-refractivity contribution in [3.05, 3.63) is 71.3 Å². The Bertz CT molecular complexity index is 653. The molecule has 0 N–H and O–H groups in total. The lowest BCUT2D eigenvalue weighted by Gasteiger charge is -2.08. The molecule has 21 heavy (non-hydrogen) atoms. The molecule has 0 aliphatic rings. The summed E-state index contributed by atoms with van der Waals surface area (Å²) in [6.07, 6.45) is 2.84. The van der Waals surface area contributed by atoms with Crippen LogP contribution in [0.4, 0.5) is 4.39 Å². The molecule has 0 fully saturated rings. The second-order valence-electron chi connectivity index (χ2n) is 5.25. The Morgan fingerprint density at radius 2 is 1.95 bits per heavy atom. The van der Waals surface area contributed by atoms with Gasteiger partial charge in [-0.3, -0.25) is 4.79 Å². The Kier molecular flexibility index (Phi) is 4.73. The number of nitrogens with zero attached hydrogens (tertiary/aromatic N) is 1. The van der Waals surface area contributed by atoms with Crippen LogP contribution in [0.25, 0.3) is 0 Å². The van der Waals surface area contributed by atoms with Crippen LogP contribution in [0.1, 0.15) is 33.7 Å². The van der Waals surface area contributed by atoms with E-state index in [1.165, 1.54) is 12.1 Å². The number of aromatic nitrogens is 1. The summed E-state index contributed by atoms with van der Waals surface area (Å²) in [6, 6.07) is 8.23. The lowest BCUT2D eigenvalue weighted by molar-refractivity contribution is 0.0974. The molecule has 0 saturated heterocycles. The number of halogens is 1. The highest BCUT2D eigenvalue weighted by molar-refractivity contribution is 5.95. The van der Waals surface area contributed by atoms with E-state index in [1.54, 1.807) is 18.2 Å². The third-order valence-corrected chi connectivity index (χ3v) is 3.77. The minimum atomic E-state index is -0.254. The molecule has 2 nitrogen and oxygen atoms in total. The summed E-state index contributed by atoms with van der Waals surface area (Å²) < 4.78 is 14.9. The predicted octanol–water partition coefficient (Wildman–Crippen LogP) is 4.25. The standard InChI is InChI=1S/C18H20FNO/c1-4-11-20-14(3)13(2)12-17(20)18(21)10-7-15-5-8-16(19)9-6-15/h4-6,8-9,12H,1,7,10-11H2,2-3H3. The van der Waals surface area contributed by atoms with Crippen molar-refractivity contribution in [2.75, 3.05) is 0 Å². The Balaban J connectivity index is 2.11. The van der Waals surface area contributed by atoms with E-state index >= 15 is 0 Å². The fourth-order valence-electron chi connectivity index (χ4n) is 2.41. The number of aryl methyl sites for hydroxylation is 2. The van der Waals surface area contributed by atoms with Crippen LogP contribution in [0.5, 0.6) is 0 Å². The van der Waals surface area contributed by atoms with E-state index in [1.807, 2.05) is 24.5 Å². The molecule has 2 rings (SSSR count). The first-order valence-electron chi connectivity index (χ1n) is 7.08. The molecule has 110 valence electrons. The summed E-state index contributed by atoms with van der Waals surface area (Å²) in [7, 11) is 0. The van der Waals surface area contributed by atoms with Crippen LogP contribution in [-0.4, -0.2) is 10.4 Å². The van der Waals surface area contributed by atoms with Crippen molar-refractivity contribution >= 4 is 5.78 Å². The van der Waals surface area contributed by atoms with E-state index in [-0.39, 0.29) is 11.6 Å². The number of benzene rings is 1. The van der Waals surface area contributed by atoms with E-state index in [9.17, 15) is 9.18 Å². The molecule has 0 amide bonds. The maximum Gasteiger partial charge on any atom is 0.179 e. The molecule has 0 unspecified atom stereocenters. The minimum Gasteiger partial charge on any atom is -0.338 e. The molecule has 1 aromatic carbocycles. The lowest BCUT2D eigenvalue weighted by atomic mass is 10.1. The quantitative estimate of drug-likeness (QED) is 0.574. The molecule has 0 aliphatic carbocycles. The van der Waals surface area contributed by atoms with Gasteiger partial charge in [0.15, 0.2) is 5.78 Å². The number of hydrogen-bond acceptors (Lipinski definition) is 1. The Hall–Kier alpha value is -2.16. The highest BCUT2D eigenvalue weighted by atomic mass is 19.1. The maximum atomic E-state index is 12.9. The van der Waals surface area contributed by atoms with Gasteiger partial charge in [0.1, 0.15) is 5.82 Å². The third kappa shape index (κ3) is 3.48. The average molecular weight is 285 g/mol. The zero-order valence-electron chi connectivity index (χ0n) is 12.5. The van der Waals surface area contributed by atoms with Gasteiger partial charge in [-0.2, -0.15) is 0 Å². The van der Waals surface area contributed by atoms with Crippen LogP contribution >= 0.6 is 0 Å². The van der Waals surface area contributed by atoms with Gasteiger partial charge in [-0.15, -0.1) is 6.58 Å². The van der Waals surface area contributed by atoms with Crippen molar-refractivity contribution in [3.8, 4) is 0 Å². The van der Waals surface area contributed by atoms with Crippen molar-refractivity contribution in [2.45, 2.75) is 33.2 Å². The molecule has 1 aromatic heterocycles. The van der Waals surface area contributed by atoms with Crippen molar-refractivity contribution < 1.29 is 9.18 Å². The third-order valence-electron chi connectivity index (χ3n) is 3.77. The van der Waals surface area contributed by atoms with Crippen molar-refractivity contribution in [1.82, 2.24) is 4.57 Å². The lowest BCUT2D eigenvalue weighted by Crippen LogP contribution is -2.10. The van der Waals surface area contributed by atoms with Gasteiger partial charge < -0.3 is 4.57 Å². The van der Waals surface area contributed by atoms with Crippen LogP contribution in [0.15, 0.2) is 43.0 Å². The van der Waals surface area contributed by atoms with Crippen LogP contribution in [-0.2, 0) is 13.0 Å². The number of carbonyl (C=O) groups is 1. The largest absolute Gasteiger partial charge is 0.338 e. The first-order chi connectivity index (χ1) is 10.0. The van der Waals surface area contributed by atoms with Crippen LogP contribution in [0, 0.1) is 19.7 Å². The molecule has 3 heteroatoms. The van der Waals surface area contributed by atoms with Gasteiger partial charge in [0.25, 0.3) is 0 Å². The van der Waals surface area contributed by atoms with Crippen molar-refractivity contribution in [1.29, 1.82) is 0 Å². The Morgan fingerprint density at radius 3 is 2.57 bits per heavy atom. The van der Waals surface area contributed by atoms with Crippen LogP contribution in [0.3, 0.4) is 0 Å². The summed E-state index contributed by atoms with van der Waals surface area (Å²) >= 11 is 0. The Morgan fingerprint density at radius 1 is 1.29 bits per heavy atom. The topological polar surface area (TPSA) is 22.0 Å². The van der Waals surface area contributed by atoms with Crippen LogP contribution < -0.4 is 0 Å². The molecule has 0 saturated carbocycles. The zero-order chi connectivity index (χ0) is 15.4. The molecule has 0 spiro atoms. The molecule has 0 radical (unpaired) electrons. The monoisotopic (exact) mass is 285 g/mol. The summed E-state index contributed by atoms with van der Waals surface area (Å²) in [4.78, 5) is 12.4. The first-order valence-corrected chi connectivity index (χ1v) is 7.08. The van der Waals surface area contributed by atoms with Gasteiger partial charge in [-0.05, 0) is 49.6 Å². The normalized spacial score (nSPS) is 10.6. The highest BCUT2D eigenvalue weighted by Gasteiger charge is 2.15. The summed E-state index contributed by atoms with van der Waals surface area (Å²) in [6.45, 7) is 8.39. The number of ketones is 1. The number of rotatable bonds is 6. The molecule has 1 heterocycles. The fraction of sp³-hybridized carbons (Fsp3) is 0.278. The zero-order valence-corrected chi connectivity index (χ0v) is 12.5. The van der Waals surface area contributed by atoms with Crippen molar-refractivity contribution in [3.63, 3.8) is 0 Å². The van der Waals surface area contributed by atoms with Crippen LogP contribution in [0.2, 0.25) is 0 Å². The van der Waals surface area contributed by atoms with E-state index in [0.717, 1.165) is 22.5 Å². The minimum absolute atomic E-state index is 0.109. The van der Waals surface area contributed by atoms with E-state index in [0.29, 0.717) is 19.4 Å². The second-order valence-corrected chi connectivity index (χ2v) is 5.25. The molecular weight excluding hydrogens is 265 g/mol. The van der Waals surface area contributed by atoms with Gasteiger partial charge in [-0.25, -0.2) is 4.39 Å². The van der Waals surface area contributed by atoms with Gasteiger partial charge in [0.05, 0.1) is 5.69 Å². The highest BCUT2D eigenvalue weighted by Crippen LogP contribution is 2.17. The summed E-state index contributed by atoms with van der Waals surface area (Å²) in [5.74, 6) is -0.145. The number of Topliss-reactive ketones (excluding diaryl/α,β-unsaturated/α-hetero) is 1. The molecule has 0 atom stereocenters. The van der Waals surface area contributed by atoms with Crippen molar-refractivity contribution in [2.24, 2.45) is 0 Å². The molecule has 0 bridgehead atoms. The Labute approximate surface area is 124 Å². The summed E-state index contributed by atoms with van der Waals surface area (Å²) in [5.41, 5.74) is 3.91. The second kappa shape index (κ2) is 6.53. The van der Waals surface area contributed by atoms with E-state index < -0.39 is 0 Å². The van der Waals surface area contributed by atoms with E-state index in [4.69, 9.17) is 0 Å². The van der Waals surface area contributed by atoms with E-state index in [2.05, 4.69) is 6.58 Å². The first kappa shape index (κ1) is 15.2. The SMILES string of the molecule is C=CCn1c(C(=O)CCc2ccc(F)cc2)cc(C)c1C. The number of carbonyl (C=O) groups excluding carboxylic acids is 1. The number of hydrogen-bond donors (Lipinski definition) is 0. The maximum absolute atomic E-state index is 12.9. The van der Waals surface area contributed by atoms with Gasteiger partial charge >= 0.3 is 0 Å². The molecular formula is C18H20FNO. The average Bonchev–Trinajstić information content (AvgIpc) is 2.75. The fourth-order valence-corrected chi connectivity index (χ4v) is 2.41. The predicted molar refractivity (Wildman–Crippen MR) is 83.2 cm³/mol. The van der Waals surface area contributed by atoms with Gasteiger partial charge in [0, 0.05) is 18.7 Å². The summed E-state index contributed by atoms with van der Waals surface area (Å²) in [5, 5.41) is 0.